The van der Waals surface area contributed by atoms with Gasteiger partial charge in [-0.05, 0) is 26.0 Å². The lowest BCUT2D eigenvalue weighted by atomic mass is 10.3. The maximum absolute atomic E-state index is 11.8. The van der Waals surface area contributed by atoms with Gasteiger partial charge in [-0.25, -0.2) is 14.7 Å². The Morgan fingerprint density at radius 3 is 2.57 bits per heavy atom. The Morgan fingerprint density at radius 1 is 1.29 bits per heavy atom. The van der Waals surface area contributed by atoms with Gasteiger partial charge in [-0.3, -0.25) is 0 Å². The number of benzene rings is 1. The number of carbonyl (C=O) groups is 1. The number of hydrogen-bond donors (Lipinski definition) is 0. The van der Waals surface area contributed by atoms with E-state index in [1.165, 1.54) is 5.06 Å². The minimum Gasteiger partial charge on any atom is -0.462 e. The quantitative estimate of drug-likeness (QED) is 0.395. The fraction of sp³-hybridized carbons (Fsp3) is 0.467. The molecule has 1 atom stereocenters. The molecule has 1 aromatic carbocycles. The monoisotopic (exact) mass is 292 g/mol. The molecule has 0 saturated carbocycles. The van der Waals surface area contributed by atoms with E-state index >= 15 is 0 Å². The zero-order valence-corrected chi connectivity index (χ0v) is 12.3. The van der Waals surface area contributed by atoms with Gasteiger partial charge in [0.05, 0.1) is 31.3 Å². The molecular formula is C15H20N2O4. The summed E-state index contributed by atoms with van der Waals surface area (Å²) in [6, 6.07) is 11.3. The SMILES string of the molecule is CCOC(=O)C(OCC)ON(CCC#N)c1ccccc1. The first kappa shape index (κ1) is 17.0. The van der Waals surface area contributed by atoms with Crippen LogP contribution in [0.3, 0.4) is 0 Å². The normalized spacial score (nSPS) is 11.5. The number of nitriles is 1. The Bertz CT molecular complexity index is 458. The van der Waals surface area contributed by atoms with Crippen LogP contribution in [0.15, 0.2) is 30.3 Å². The van der Waals surface area contributed by atoms with Crippen molar-refractivity contribution in [3.05, 3.63) is 30.3 Å². The van der Waals surface area contributed by atoms with Gasteiger partial charge in [0.2, 0.25) is 0 Å². The number of para-hydroxylation sites is 1. The maximum atomic E-state index is 11.8. The van der Waals surface area contributed by atoms with Gasteiger partial charge in [0.1, 0.15) is 0 Å². The summed E-state index contributed by atoms with van der Waals surface area (Å²) in [6.07, 6.45) is -0.884. The van der Waals surface area contributed by atoms with E-state index in [1.54, 1.807) is 13.8 Å². The number of anilines is 1. The summed E-state index contributed by atoms with van der Waals surface area (Å²) in [5.74, 6) is -0.586. The van der Waals surface area contributed by atoms with Crippen molar-refractivity contribution in [2.75, 3.05) is 24.8 Å². The summed E-state index contributed by atoms with van der Waals surface area (Å²) < 4.78 is 10.2. The summed E-state index contributed by atoms with van der Waals surface area (Å²) in [5.41, 5.74) is 0.738. The summed E-state index contributed by atoms with van der Waals surface area (Å²) >= 11 is 0. The number of hydrogen-bond acceptors (Lipinski definition) is 6. The highest BCUT2D eigenvalue weighted by atomic mass is 16.8. The number of nitrogens with zero attached hydrogens (tertiary/aromatic N) is 2. The lowest BCUT2D eigenvalue weighted by Gasteiger charge is -2.26. The van der Waals surface area contributed by atoms with Crippen molar-refractivity contribution in [3.8, 4) is 6.07 Å². The molecule has 0 heterocycles. The van der Waals surface area contributed by atoms with Crippen LogP contribution in [0.5, 0.6) is 0 Å². The molecule has 0 aromatic heterocycles. The smallest absolute Gasteiger partial charge is 0.365 e. The summed E-state index contributed by atoms with van der Waals surface area (Å²) in [7, 11) is 0. The molecule has 0 amide bonds. The third kappa shape index (κ3) is 5.81. The van der Waals surface area contributed by atoms with Crippen molar-refractivity contribution in [1.29, 1.82) is 5.26 Å². The average Bonchev–Trinajstić information content (AvgIpc) is 2.51. The topological polar surface area (TPSA) is 71.8 Å². The van der Waals surface area contributed by atoms with Crippen molar-refractivity contribution >= 4 is 11.7 Å². The van der Waals surface area contributed by atoms with Crippen LogP contribution in [0.4, 0.5) is 5.69 Å². The predicted molar refractivity (Wildman–Crippen MR) is 77.2 cm³/mol. The minimum atomic E-state index is -1.14. The number of carbonyl (C=O) groups excluding carboxylic acids is 1. The van der Waals surface area contributed by atoms with Crippen LogP contribution in [0, 0.1) is 11.3 Å². The van der Waals surface area contributed by atoms with Crippen LogP contribution in [0.2, 0.25) is 0 Å². The van der Waals surface area contributed by atoms with Crippen LogP contribution < -0.4 is 5.06 Å². The number of ether oxygens (including phenoxy) is 2. The van der Waals surface area contributed by atoms with Gasteiger partial charge in [0.25, 0.3) is 6.29 Å². The molecule has 0 aliphatic rings. The van der Waals surface area contributed by atoms with Crippen molar-refractivity contribution in [1.82, 2.24) is 0 Å². The molecule has 1 unspecified atom stereocenters. The fourth-order valence-electron chi connectivity index (χ4n) is 1.61. The number of rotatable bonds is 9. The first-order valence-electron chi connectivity index (χ1n) is 6.87. The molecule has 6 nitrogen and oxygen atoms in total. The minimum absolute atomic E-state index is 0.245. The molecule has 0 aliphatic carbocycles. The Balaban J connectivity index is 2.81. The van der Waals surface area contributed by atoms with Crippen LogP contribution in [-0.2, 0) is 19.1 Å². The van der Waals surface area contributed by atoms with E-state index in [4.69, 9.17) is 19.6 Å². The second-order valence-corrected chi connectivity index (χ2v) is 3.99. The van der Waals surface area contributed by atoms with E-state index in [-0.39, 0.29) is 13.0 Å². The van der Waals surface area contributed by atoms with E-state index in [0.717, 1.165) is 5.69 Å². The predicted octanol–water partition coefficient (Wildman–Crippen LogP) is 2.26. The molecule has 0 N–H and O–H groups in total. The van der Waals surface area contributed by atoms with E-state index in [2.05, 4.69) is 0 Å². The van der Waals surface area contributed by atoms with E-state index < -0.39 is 12.3 Å². The average molecular weight is 292 g/mol. The first-order chi connectivity index (χ1) is 10.2. The number of hydroxylamine groups is 1. The Kier molecular flexibility index (Phi) is 7.87. The van der Waals surface area contributed by atoms with Crippen molar-refractivity contribution in [2.45, 2.75) is 26.6 Å². The second kappa shape index (κ2) is 9.75. The first-order valence-corrected chi connectivity index (χ1v) is 6.87. The fourth-order valence-corrected chi connectivity index (χ4v) is 1.61. The molecule has 6 heteroatoms. The van der Waals surface area contributed by atoms with Crippen LogP contribution in [0.25, 0.3) is 0 Å². The Labute approximate surface area is 124 Å². The zero-order valence-electron chi connectivity index (χ0n) is 12.3. The molecule has 1 rings (SSSR count). The van der Waals surface area contributed by atoms with Crippen LogP contribution >= 0.6 is 0 Å². The molecule has 21 heavy (non-hydrogen) atoms. The van der Waals surface area contributed by atoms with E-state index in [1.807, 2.05) is 36.4 Å². The largest absolute Gasteiger partial charge is 0.462 e. The van der Waals surface area contributed by atoms with Crippen molar-refractivity contribution in [2.24, 2.45) is 0 Å². The van der Waals surface area contributed by atoms with Crippen molar-refractivity contribution in [3.63, 3.8) is 0 Å². The van der Waals surface area contributed by atoms with Crippen LogP contribution in [0.1, 0.15) is 20.3 Å². The molecule has 0 spiro atoms. The lowest BCUT2D eigenvalue weighted by molar-refractivity contribution is -0.197. The van der Waals surface area contributed by atoms with Gasteiger partial charge >= 0.3 is 5.97 Å². The molecule has 0 saturated heterocycles. The molecular weight excluding hydrogens is 272 g/mol. The molecule has 0 fully saturated rings. The highest BCUT2D eigenvalue weighted by molar-refractivity contribution is 5.73. The van der Waals surface area contributed by atoms with Crippen molar-refractivity contribution < 1.29 is 19.1 Å². The second-order valence-electron chi connectivity index (χ2n) is 3.99. The summed E-state index contributed by atoms with van der Waals surface area (Å²) in [4.78, 5) is 17.4. The number of esters is 1. The van der Waals surface area contributed by atoms with Gasteiger partial charge in [-0.2, -0.15) is 5.26 Å². The maximum Gasteiger partial charge on any atom is 0.365 e. The summed E-state index contributed by atoms with van der Waals surface area (Å²) in [5, 5.41) is 10.2. The molecule has 1 aromatic rings. The van der Waals surface area contributed by atoms with Gasteiger partial charge in [0, 0.05) is 6.61 Å². The molecule has 0 bridgehead atoms. The van der Waals surface area contributed by atoms with Gasteiger partial charge in [-0.1, -0.05) is 18.2 Å². The third-order valence-corrected chi connectivity index (χ3v) is 2.49. The van der Waals surface area contributed by atoms with Gasteiger partial charge in [0.15, 0.2) is 0 Å². The zero-order chi connectivity index (χ0) is 15.5. The van der Waals surface area contributed by atoms with Gasteiger partial charge < -0.3 is 9.47 Å². The molecule has 114 valence electrons. The van der Waals surface area contributed by atoms with E-state index in [0.29, 0.717) is 13.2 Å². The highest BCUT2D eigenvalue weighted by Gasteiger charge is 2.25. The molecule has 0 radical (unpaired) electrons. The molecule has 0 aliphatic heterocycles. The third-order valence-electron chi connectivity index (χ3n) is 2.49. The van der Waals surface area contributed by atoms with E-state index in [9.17, 15) is 4.79 Å². The summed E-state index contributed by atoms with van der Waals surface area (Å²) in [6.45, 7) is 4.35. The van der Waals surface area contributed by atoms with Gasteiger partial charge in [-0.15, -0.1) is 0 Å². The lowest BCUT2D eigenvalue weighted by Crippen LogP contribution is -2.38. The standard InChI is InChI=1S/C15H20N2O4/c1-3-19-14(18)15(20-4-2)21-17(12-8-11-16)13-9-6-5-7-10-13/h5-7,9-10,15H,3-4,8,12H2,1-2H3. The highest BCUT2D eigenvalue weighted by Crippen LogP contribution is 2.16. The van der Waals surface area contributed by atoms with Crippen LogP contribution in [-0.4, -0.2) is 32.0 Å². The Hall–Kier alpha value is -2.10. The Morgan fingerprint density at radius 2 is 2.00 bits per heavy atom.